The highest BCUT2D eigenvalue weighted by atomic mass is 32.2. The molecule has 2 heterocycles. The Morgan fingerprint density at radius 3 is 2.36 bits per heavy atom. The number of β-lactam (4-membered cyclic amide) rings is 1. The first-order valence-corrected chi connectivity index (χ1v) is 11.1. The Morgan fingerprint density at radius 2 is 1.73 bits per heavy atom. The van der Waals surface area contributed by atoms with Gasteiger partial charge in [-0.15, -0.1) is 11.8 Å². The zero-order chi connectivity index (χ0) is 23.9. The van der Waals surface area contributed by atoms with E-state index in [-0.39, 0.29) is 5.56 Å². The third kappa shape index (κ3) is 4.06. The molecule has 2 aliphatic rings. The Labute approximate surface area is 193 Å². The van der Waals surface area contributed by atoms with Crippen molar-refractivity contribution in [2.24, 2.45) is 0 Å². The van der Waals surface area contributed by atoms with Gasteiger partial charge in [-0.3, -0.25) is 14.4 Å². The number of amides is 3. The molecule has 3 N–H and O–H groups in total. The van der Waals surface area contributed by atoms with E-state index in [1.807, 2.05) is 0 Å². The van der Waals surface area contributed by atoms with Gasteiger partial charge in [-0.2, -0.15) is 0 Å². The molecule has 0 aliphatic carbocycles. The van der Waals surface area contributed by atoms with Crippen molar-refractivity contribution in [2.75, 3.05) is 0 Å². The fourth-order valence-corrected chi connectivity index (χ4v) is 5.81. The van der Waals surface area contributed by atoms with Crippen molar-refractivity contribution in [1.82, 2.24) is 15.5 Å². The first kappa shape index (κ1) is 22.8. The van der Waals surface area contributed by atoms with E-state index in [2.05, 4.69) is 10.6 Å². The van der Waals surface area contributed by atoms with E-state index in [1.165, 1.54) is 34.9 Å². The van der Waals surface area contributed by atoms with Crippen molar-refractivity contribution >= 4 is 35.5 Å². The number of carbonyl (C=O) groups is 4. The molecule has 2 fully saturated rings. The molecule has 0 unspecified atom stereocenters. The van der Waals surface area contributed by atoms with Gasteiger partial charge in [0.05, 0.1) is 5.56 Å². The van der Waals surface area contributed by atoms with Gasteiger partial charge >= 0.3 is 5.97 Å². The van der Waals surface area contributed by atoms with Crippen molar-refractivity contribution in [2.45, 2.75) is 42.1 Å². The third-order valence-corrected chi connectivity index (χ3v) is 7.33. The number of carboxylic acid groups (broad SMARTS) is 1. The highest BCUT2D eigenvalue weighted by molar-refractivity contribution is 8.01. The number of rotatable bonds is 6. The number of thioether (sulfide) groups is 1. The van der Waals surface area contributed by atoms with Gasteiger partial charge in [0.25, 0.3) is 5.91 Å². The molecule has 2 saturated heterocycles. The molecule has 2 aromatic carbocycles. The average molecular weight is 472 g/mol. The van der Waals surface area contributed by atoms with Crippen molar-refractivity contribution in [3.8, 4) is 0 Å². The molecule has 0 spiro atoms. The number of hydrogen-bond donors (Lipinski definition) is 3. The van der Waals surface area contributed by atoms with Crippen LogP contribution in [0.5, 0.6) is 0 Å². The summed E-state index contributed by atoms with van der Waals surface area (Å²) in [6, 6.07) is 10.7. The molecule has 8 nitrogen and oxygen atoms in total. The molecule has 33 heavy (non-hydrogen) atoms. The van der Waals surface area contributed by atoms with Crippen LogP contribution < -0.4 is 10.6 Å². The molecule has 4 atom stereocenters. The van der Waals surface area contributed by atoms with Crippen LogP contribution in [0.1, 0.15) is 35.8 Å². The minimum atomic E-state index is -1.19. The number of benzene rings is 2. The summed E-state index contributed by atoms with van der Waals surface area (Å²) in [6.07, 6.45) is 0. The van der Waals surface area contributed by atoms with Crippen molar-refractivity contribution in [3.63, 3.8) is 0 Å². The summed E-state index contributed by atoms with van der Waals surface area (Å²) in [5.74, 6) is -3.75. The van der Waals surface area contributed by atoms with Crippen LogP contribution in [0.4, 0.5) is 4.39 Å². The monoisotopic (exact) mass is 471 g/mol. The van der Waals surface area contributed by atoms with Gasteiger partial charge in [-0.1, -0.05) is 42.5 Å². The molecule has 3 amide bonds. The fraction of sp³-hybridized carbons (Fsp3) is 0.304. The zero-order valence-corrected chi connectivity index (χ0v) is 18.6. The smallest absolute Gasteiger partial charge is 0.327 e. The summed E-state index contributed by atoms with van der Waals surface area (Å²) in [5, 5.41) is 14.2. The molecule has 0 bridgehead atoms. The van der Waals surface area contributed by atoms with E-state index in [4.69, 9.17) is 0 Å². The third-order valence-electron chi connectivity index (χ3n) is 5.76. The van der Waals surface area contributed by atoms with E-state index in [9.17, 15) is 28.7 Å². The second-order valence-corrected chi connectivity index (χ2v) is 10.2. The van der Waals surface area contributed by atoms with Gasteiger partial charge in [0.2, 0.25) is 11.8 Å². The first-order chi connectivity index (χ1) is 15.6. The maximum atomic E-state index is 14.1. The van der Waals surface area contributed by atoms with E-state index in [0.717, 1.165) is 6.07 Å². The summed E-state index contributed by atoms with van der Waals surface area (Å²) in [6.45, 7) is 3.48. The Morgan fingerprint density at radius 1 is 1.09 bits per heavy atom. The summed E-state index contributed by atoms with van der Waals surface area (Å²) in [7, 11) is 0. The highest BCUT2D eigenvalue weighted by Crippen LogP contribution is 2.50. The second-order valence-electron chi connectivity index (χ2n) is 8.38. The second kappa shape index (κ2) is 8.51. The van der Waals surface area contributed by atoms with Crippen molar-refractivity contribution < 1.29 is 28.7 Å². The van der Waals surface area contributed by atoms with Crippen LogP contribution in [0, 0.1) is 5.82 Å². The molecule has 10 heteroatoms. The normalized spacial score (nSPS) is 23.8. The minimum absolute atomic E-state index is 0.213. The first-order valence-electron chi connectivity index (χ1n) is 10.3. The standard InChI is InChI=1S/C23H22FN3O5S/c1-23(2)17(22(31)32)27-20(30)16(21(27)33-23)26-19(29)15(12-8-4-3-5-9-12)25-18(28)13-10-6-7-11-14(13)24/h3-11,15-17,21H,1-2H3,(H,25,28)(H,26,29)(H,31,32)/t15-,16+,17-,21+/m0/s1. The largest absolute Gasteiger partial charge is 0.480 e. The van der Waals surface area contributed by atoms with Gasteiger partial charge in [0, 0.05) is 4.75 Å². The minimum Gasteiger partial charge on any atom is -0.480 e. The van der Waals surface area contributed by atoms with Gasteiger partial charge in [-0.25, -0.2) is 9.18 Å². The summed E-state index contributed by atoms with van der Waals surface area (Å²) >= 11 is 1.30. The van der Waals surface area contributed by atoms with Crippen molar-refractivity contribution in [3.05, 3.63) is 71.5 Å². The molecular weight excluding hydrogens is 449 g/mol. The van der Waals surface area contributed by atoms with E-state index in [1.54, 1.807) is 44.2 Å². The average Bonchev–Trinajstić information content (AvgIpc) is 3.04. The summed E-state index contributed by atoms with van der Waals surface area (Å²) < 4.78 is 13.3. The van der Waals surface area contributed by atoms with Gasteiger partial charge in [0.1, 0.15) is 29.3 Å². The molecule has 0 saturated carbocycles. The lowest BCUT2D eigenvalue weighted by atomic mass is 9.95. The number of nitrogens with zero attached hydrogens (tertiary/aromatic N) is 1. The highest BCUT2D eigenvalue weighted by Gasteiger charge is 2.64. The molecule has 0 aromatic heterocycles. The van der Waals surface area contributed by atoms with E-state index >= 15 is 0 Å². The molecular formula is C23H22FN3O5S. The van der Waals surface area contributed by atoms with Crippen LogP contribution in [0.15, 0.2) is 54.6 Å². The van der Waals surface area contributed by atoms with Crippen LogP contribution >= 0.6 is 11.8 Å². The SMILES string of the molecule is CC1(C)S[C@@H]2[C@H](NC(=O)[C@@H](NC(=O)c3ccccc3F)c3ccccc3)C(=O)N2[C@H]1C(=O)O. The topological polar surface area (TPSA) is 116 Å². The maximum absolute atomic E-state index is 14.1. The van der Waals surface area contributed by atoms with Crippen LogP contribution in [-0.2, 0) is 14.4 Å². The summed E-state index contributed by atoms with van der Waals surface area (Å²) in [4.78, 5) is 51.6. The van der Waals surface area contributed by atoms with Gasteiger partial charge in [0.15, 0.2) is 0 Å². The Balaban J connectivity index is 1.55. The summed E-state index contributed by atoms with van der Waals surface area (Å²) in [5.41, 5.74) is 0.237. The van der Waals surface area contributed by atoms with Gasteiger partial charge in [-0.05, 0) is 31.5 Å². The Hall–Kier alpha value is -3.40. The number of carbonyl (C=O) groups excluding carboxylic acids is 3. The number of nitrogens with one attached hydrogen (secondary N) is 2. The van der Waals surface area contributed by atoms with E-state index in [0.29, 0.717) is 5.56 Å². The molecule has 0 radical (unpaired) electrons. The molecule has 4 rings (SSSR count). The number of fused-ring (bicyclic) bond motifs is 1. The van der Waals surface area contributed by atoms with E-state index < -0.39 is 57.8 Å². The van der Waals surface area contributed by atoms with Crippen molar-refractivity contribution in [1.29, 1.82) is 0 Å². The maximum Gasteiger partial charge on any atom is 0.327 e. The number of carboxylic acids is 1. The lowest BCUT2D eigenvalue weighted by molar-refractivity contribution is -0.161. The Bertz CT molecular complexity index is 1130. The van der Waals surface area contributed by atoms with Gasteiger partial charge < -0.3 is 20.6 Å². The number of halogens is 1. The fourth-order valence-electron chi connectivity index (χ4n) is 4.18. The Kier molecular flexibility index (Phi) is 5.87. The van der Waals surface area contributed by atoms with Crippen LogP contribution in [0.25, 0.3) is 0 Å². The zero-order valence-electron chi connectivity index (χ0n) is 17.8. The quantitative estimate of drug-likeness (QED) is 0.555. The number of hydrogen-bond acceptors (Lipinski definition) is 5. The van der Waals surface area contributed by atoms with Crippen LogP contribution in [-0.4, -0.2) is 55.9 Å². The van der Waals surface area contributed by atoms with Crippen LogP contribution in [0.3, 0.4) is 0 Å². The lowest BCUT2D eigenvalue weighted by Crippen LogP contribution is -2.71. The predicted octanol–water partition coefficient (Wildman–Crippen LogP) is 1.93. The number of aliphatic carboxylic acids is 1. The molecule has 2 aromatic rings. The van der Waals surface area contributed by atoms with Crippen LogP contribution in [0.2, 0.25) is 0 Å². The molecule has 2 aliphatic heterocycles. The molecule has 172 valence electrons. The lowest BCUT2D eigenvalue weighted by Gasteiger charge is -2.44. The predicted molar refractivity (Wildman–Crippen MR) is 119 cm³/mol.